The molecule has 0 aromatic heterocycles. The van der Waals surface area contributed by atoms with Crippen LogP contribution in [0.15, 0.2) is 48.5 Å². The van der Waals surface area contributed by atoms with Crippen molar-refractivity contribution in [3.8, 4) is 0 Å². The summed E-state index contributed by atoms with van der Waals surface area (Å²) in [6, 6.07) is 15.0. The van der Waals surface area contributed by atoms with E-state index in [9.17, 15) is 4.79 Å². The van der Waals surface area contributed by atoms with Gasteiger partial charge in [-0.15, -0.1) is 0 Å². The number of para-hydroxylation sites is 1. The van der Waals surface area contributed by atoms with Gasteiger partial charge in [0.05, 0.1) is 11.3 Å². The zero-order valence-corrected chi connectivity index (χ0v) is 11.5. The summed E-state index contributed by atoms with van der Waals surface area (Å²) >= 11 is 0. The third kappa shape index (κ3) is 3.51. The van der Waals surface area contributed by atoms with Crippen LogP contribution in [0.3, 0.4) is 0 Å². The number of rotatable bonds is 5. The highest BCUT2D eigenvalue weighted by Crippen LogP contribution is 2.23. The molecule has 0 aliphatic heterocycles. The molecule has 2 aromatic rings. The normalized spacial score (nSPS) is 10.1. The van der Waals surface area contributed by atoms with Crippen molar-refractivity contribution in [1.82, 2.24) is 5.32 Å². The number of anilines is 3. The molecule has 104 valence electrons. The Kier molecular flexibility index (Phi) is 4.60. The van der Waals surface area contributed by atoms with E-state index in [2.05, 4.69) is 10.6 Å². The molecular weight excluding hydrogens is 250 g/mol. The minimum absolute atomic E-state index is 0.113. The van der Waals surface area contributed by atoms with Crippen LogP contribution in [0.1, 0.15) is 23.7 Å². The minimum atomic E-state index is -0.113. The minimum Gasteiger partial charge on any atom is -0.399 e. The molecular formula is C16H19N3O. The lowest BCUT2D eigenvalue weighted by molar-refractivity contribution is 0.0954. The van der Waals surface area contributed by atoms with E-state index in [1.54, 1.807) is 12.1 Å². The Morgan fingerprint density at radius 1 is 1.15 bits per heavy atom. The van der Waals surface area contributed by atoms with E-state index in [0.29, 0.717) is 17.8 Å². The molecule has 0 unspecified atom stereocenters. The van der Waals surface area contributed by atoms with Gasteiger partial charge in [0.2, 0.25) is 0 Å². The number of benzene rings is 2. The summed E-state index contributed by atoms with van der Waals surface area (Å²) in [5.41, 5.74) is 8.59. The van der Waals surface area contributed by atoms with Gasteiger partial charge < -0.3 is 16.4 Å². The molecule has 0 saturated carbocycles. The van der Waals surface area contributed by atoms with Crippen molar-refractivity contribution >= 4 is 23.0 Å². The van der Waals surface area contributed by atoms with E-state index in [0.717, 1.165) is 17.8 Å². The van der Waals surface area contributed by atoms with Crippen LogP contribution in [0.2, 0.25) is 0 Å². The molecule has 0 heterocycles. The van der Waals surface area contributed by atoms with E-state index < -0.39 is 0 Å². The zero-order valence-electron chi connectivity index (χ0n) is 11.5. The first-order valence-electron chi connectivity index (χ1n) is 6.70. The molecule has 4 nitrogen and oxygen atoms in total. The number of nitrogens with one attached hydrogen (secondary N) is 2. The first-order valence-corrected chi connectivity index (χ1v) is 6.70. The molecule has 20 heavy (non-hydrogen) atoms. The average molecular weight is 269 g/mol. The predicted octanol–water partition coefficient (Wildman–Crippen LogP) is 3.15. The Morgan fingerprint density at radius 2 is 1.90 bits per heavy atom. The molecule has 4 heteroatoms. The molecule has 2 aromatic carbocycles. The molecule has 0 radical (unpaired) electrons. The Labute approximate surface area is 119 Å². The molecule has 0 bridgehead atoms. The highest BCUT2D eigenvalue weighted by atomic mass is 16.1. The number of hydrogen-bond acceptors (Lipinski definition) is 3. The maximum atomic E-state index is 12.2. The van der Waals surface area contributed by atoms with Gasteiger partial charge in [-0.3, -0.25) is 4.79 Å². The van der Waals surface area contributed by atoms with Crippen molar-refractivity contribution in [1.29, 1.82) is 0 Å². The fourth-order valence-electron chi connectivity index (χ4n) is 1.87. The summed E-state index contributed by atoms with van der Waals surface area (Å²) < 4.78 is 0. The quantitative estimate of drug-likeness (QED) is 0.730. The summed E-state index contributed by atoms with van der Waals surface area (Å²) in [7, 11) is 0. The molecule has 0 fully saturated rings. The molecule has 0 aliphatic carbocycles. The van der Waals surface area contributed by atoms with Gasteiger partial charge >= 0.3 is 0 Å². The van der Waals surface area contributed by atoms with Crippen molar-refractivity contribution in [3.63, 3.8) is 0 Å². The first-order chi connectivity index (χ1) is 9.70. The van der Waals surface area contributed by atoms with E-state index in [1.807, 2.05) is 43.3 Å². The van der Waals surface area contributed by atoms with Gasteiger partial charge in [0.1, 0.15) is 0 Å². The van der Waals surface area contributed by atoms with Crippen molar-refractivity contribution in [2.45, 2.75) is 13.3 Å². The Balaban J connectivity index is 2.26. The van der Waals surface area contributed by atoms with Crippen LogP contribution in [0, 0.1) is 0 Å². The number of nitrogen functional groups attached to an aromatic ring is 1. The number of carbonyl (C=O) groups is 1. The van der Waals surface area contributed by atoms with E-state index in [-0.39, 0.29) is 5.91 Å². The monoisotopic (exact) mass is 269 g/mol. The number of hydrogen-bond donors (Lipinski definition) is 3. The van der Waals surface area contributed by atoms with Gasteiger partial charge in [0.15, 0.2) is 0 Å². The predicted molar refractivity (Wildman–Crippen MR) is 83.2 cm³/mol. The second kappa shape index (κ2) is 6.61. The summed E-state index contributed by atoms with van der Waals surface area (Å²) in [5.74, 6) is -0.113. The second-order valence-electron chi connectivity index (χ2n) is 4.55. The Hall–Kier alpha value is -2.49. The van der Waals surface area contributed by atoms with E-state index in [1.165, 1.54) is 0 Å². The van der Waals surface area contributed by atoms with Crippen LogP contribution in [-0.2, 0) is 0 Å². The summed E-state index contributed by atoms with van der Waals surface area (Å²) in [5, 5.41) is 6.11. The van der Waals surface area contributed by atoms with Crippen LogP contribution in [0.4, 0.5) is 17.1 Å². The maximum Gasteiger partial charge on any atom is 0.253 e. The fourth-order valence-corrected chi connectivity index (χ4v) is 1.87. The van der Waals surface area contributed by atoms with Crippen molar-refractivity contribution in [2.24, 2.45) is 0 Å². The number of carbonyl (C=O) groups excluding carboxylic acids is 1. The lowest BCUT2D eigenvalue weighted by atomic mass is 10.1. The van der Waals surface area contributed by atoms with Gasteiger partial charge in [0.25, 0.3) is 5.91 Å². The standard InChI is InChI=1S/C16H19N3O/c1-2-10-18-16(20)14-11-12(17)8-9-15(14)19-13-6-4-3-5-7-13/h3-9,11,19H,2,10,17H2,1H3,(H,18,20). The van der Waals surface area contributed by atoms with Crippen molar-refractivity contribution in [2.75, 3.05) is 17.6 Å². The van der Waals surface area contributed by atoms with E-state index >= 15 is 0 Å². The fraction of sp³-hybridized carbons (Fsp3) is 0.188. The van der Waals surface area contributed by atoms with Gasteiger partial charge in [-0.25, -0.2) is 0 Å². The molecule has 0 saturated heterocycles. The Morgan fingerprint density at radius 3 is 2.60 bits per heavy atom. The molecule has 0 spiro atoms. The smallest absolute Gasteiger partial charge is 0.253 e. The van der Waals surface area contributed by atoms with Gasteiger partial charge in [0, 0.05) is 17.9 Å². The molecule has 0 atom stereocenters. The maximum absolute atomic E-state index is 12.2. The SMILES string of the molecule is CCCNC(=O)c1cc(N)ccc1Nc1ccccc1. The highest BCUT2D eigenvalue weighted by molar-refractivity contribution is 6.01. The van der Waals surface area contributed by atoms with Crippen molar-refractivity contribution in [3.05, 3.63) is 54.1 Å². The number of nitrogens with two attached hydrogens (primary N) is 1. The highest BCUT2D eigenvalue weighted by Gasteiger charge is 2.11. The lowest BCUT2D eigenvalue weighted by Crippen LogP contribution is -2.24. The average Bonchev–Trinajstić information content (AvgIpc) is 2.47. The molecule has 2 rings (SSSR count). The van der Waals surface area contributed by atoms with E-state index in [4.69, 9.17) is 5.73 Å². The van der Waals surface area contributed by atoms with Gasteiger partial charge in [-0.2, -0.15) is 0 Å². The third-order valence-corrected chi connectivity index (χ3v) is 2.88. The largest absolute Gasteiger partial charge is 0.399 e. The first kappa shape index (κ1) is 13.9. The summed E-state index contributed by atoms with van der Waals surface area (Å²) in [6.07, 6.45) is 0.898. The number of amides is 1. The van der Waals surface area contributed by atoms with Crippen LogP contribution in [0.25, 0.3) is 0 Å². The summed E-state index contributed by atoms with van der Waals surface area (Å²) in [4.78, 5) is 12.2. The van der Waals surface area contributed by atoms with Gasteiger partial charge in [-0.05, 0) is 36.8 Å². The Bertz CT molecular complexity index is 582. The zero-order chi connectivity index (χ0) is 14.4. The van der Waals surface area contributed by atoms with Crippen LogP contribution in [0.5, 0.6) is 0 Å². The third-order valence-electron chi connectivity index (χ3n) is 2.88. The van der Waals surface area contributed by atoms with Crippen molar-refractivity contribution < 1.29 is 4.79 Å². The van der Waals surface area contributed by atoms with Gasteiger partial charge in [-0.1, -0.05) is 25.1 Å². The molecule has 1 amide bonds. The summed E-state index contributed by atoms with van der Waals surface area (Å²) in [6.45, 7) is 2.67. The molecule has 4 N–H and O–H groups in total. The lowest BCUT2D eigenvalue weighted by Gasteiger charge is -2.13. The second-order valence-corrected chi connectivity index (χ2v) is 4.55. The molecule has 0 aliphatic rings. The van der Waals surface area contributed by atoms with Crippen LogP contribution in [-0.4, -0.2) is 12.5 Å². The topological polar surface area (TPSA) is 67.2 Å². The van der Waals surface area contributed by atoms with Crippen LogP contribution >= 0.6 is 0 Å². The van der Waals surface area contributed by atoms with Crippen LogP contribution < -0.4 is 16.4 Å².